The molecule has 0 aliphatic heterocycles. The van der Waals surface area contributed by atoms with Crippen LogP contribution in [0.1, 0.15) is 11.1 Å². The van der Waals surface area contributed by atoms with Crippen LogP contribution in [0.2, 0.25) is 0 Å². The number of carbonyl (C=O) groups is 1. The van der Waals surface area contributed by atoms with Gasteiger partial charge in [0.25, 0.3) is 20.0 Å². The Hall–Kier alpha value is -4.11. The molecule has 0 unspecified atom stereocenters. The predicted molar refractivity (Wildman–Crippen MR) is 187 cm³/mol. The number of anilines is 2. The Morgan fingerprint density at radius 3 is 1.59 bits per heavy atom. The normalized spacial score (nSPS) is 11.7. The molecule has 14 heteroatoms. The molecule has 0 saturated heterocycles. The van der Waals surface area contributed by atoms with E-state index in [4.69, 9.17) is 5.73 Å². The van der Waals surface area contributed by atoms with Gasteiger partial charge in [-0.3, -0.25) is 5.32 Å². The number of fused-ring (bicyclic) bond motifs is 2. The van der Waals surface area contributed by atoms with E-state index in [9.17, 15) is 21.6 Å². The summed E-state index contributed by atoms with van der Waals surface area (Å²) in [5, 5.41) is 4.06. The molecule has 0 radical (unpaired) electrons. The van der Waals surface area contributed by atoms with Crippen molar-refractivity contribution in [2.75, 3.05) is 18.2 Å². The maximum absolute atomic E-state index is 13.0. The topological polar surface area (TPSA) is 142 Å². The number of ether oxygens (including phenoxy) is 1. The van der Waals surface area contributed by atoms with Crippen molar-refractivity contribution < 1.29 is 26.4 Å². The van der Waals surface area contributed by atoms with E-state index in [2.05, 4.69) is 41.9 Å². The van der Waals surface area contributed by atoms with Gasteiger partial charge in [0, 0.05) is 43.5 Å². The highest BCUT2D eigenvalue weighted by atomic mass is 79.9. The van der Waals surface area contributed by atoms with Crippen molar-refractivity contribution in [1.29, 1.82) is 0 Å². The Morgan fingerprint density at radius 2 is 1.13 bits per heavy atom. The Kier molecular flexibility index (Phi) is 9.36. The summed E-state index contributed by atoms with van der Waals surface area (Å²) in [7, 11) is -6.13. The minimum Gasteiger partial charge on any atom is -0.453 e. The van der Waals surface area contributed by atoms with E-state index in [0.717, 1.165) is 21.0 Å². The number of benzene rings is 4. The Morgan fingerprint density at radius 1 is 0.696 bits per heavy atom. The first kappa shape index (κ1) is 33.3. The third kappa shape index (κ3) is 6.56. The van der Waals surface area contributed by atoms with Crippen LogP contribution in [0.25, 0.3) is 21.8 Å². The summed E-state index contributed by atoms with van der Waals surface area (Å²) >= 11 is 6.81. The Bertz CT molecular complexity index is 2320. The maximum Gasteiger partial charge on any atom is 0.411 e. The van der Waals surface area contributed by atoms with E-state index >= 15 is 0 Å². The fourth-order valence-electron chi connectivity index (χ4n) is 4.67. The number of halogens is 2. The molecule has 1 amide bonds. The van der Waals surface area contributed by atoms with Gasteiger partial charge in [-0.1, -0.05) is 67.3 Å². The first-order valence-electron chi connectivity index (χ1n) is 13.6. The van der Waals surface area contributed by atoms with Crippen molar-refractivity contribution in [2.24, 2.45) is 0 Å². The molecule has 3 N–H and O–H groups in total. The van der Waals surface area contributed by atoms with Gasteiger partial charge < -0.3 is 10.5 Å². The fourth-order valence-corrected chi connectivity index (χ4v) is 8.53. The average Bonchev–Trinajstić information content (AvgIpc) is 3.64. The number of amides is 1. The molecule has 0 saturated carbocycles. The van der Waals surface area contributed by atoms with Crippen LogP contribution in [0.3, 0.4) is 0 Å². The summed E-state index contributed by atoms with van der Waals surface area (Å²) in [6, 6.07) is 23.6. The van der Waals surface area contributed by atoms with Gasteiger partial charge in [-0.15, -0.1) is 0 Å². The smallest absolute Gasteiger partial charge is 0.411 e. The molecule has 6 rings (SSSR count). The minimum absolute atomic E-state index is 0.193. The number of hydrogen-bond acceptors (Lipinski definition) is 7. The highest BCUT2D eigenvalue weighted by Gasteiger charge is 2.21. The zero-order valence-electron chi connectivity index (χ0n) is 24.7. The zero-order valence-corrected chi connectivity index (χ0v) is 29.5. The first-order valence-corrected chi connectivity index (χ1v) is 18.0. The van der Waals surface area contributed by atoms with Gasteiger partial charge in [0.2, 0.25) is 0 Å². The van der Waals surface area contributed by atoms with Crippen LogP contribution in [-0.2, 0) is 24.8 Å². The number of hydrogen-bond donors (Lipinski definition) is 2. The van der Waals surface area contributed by atoms with Crippen LogP contribution in [0, 0.1) is 13.8 Å². The fraction of sp³-hybridized carbons (Fsp3) is 0.0938. The summed E-state index contributed by atoms with van der Waals surface area (Å²) in [5.41, 5.74) is 9.74. The van der Waals surface area contributed by atoms with Gasteiger partial charge in [0.15, 0.2) is 0 Å². The summed E-state index contributed by atoms with van der Waals surface area (Å²) in [4.78, 5) is 11.9. The lowest BCUT2D eigenvalue weighted by molar-refractivity contribution is 0.187. The third-order valence-corrected chi connectivity index (χ3v) is 11.8. The minimum atomic E-state index is -3.75. The highest BCUT2D eigenvalue weighted by Crippen LogP contribution is 2.32. The molecular formula is C32H28Br2N4O6S2. The number of nitrogens with one attached hydrogen (secondary N) is 1. The van der Waals surface area contributed by atoms with Crippen LogP contribution in [0.15, 0.2) is 116 Å². The zero-order chi connectivity index (χ0) is 33.4. The van der Waals surface area contributed by atoms with Crippen LogP contribution in [0.4, 0.5) is 16.2 Å². The number of rotatable bonds is 5. The van der Waals surface area contributed by atoms with E-state index in [-0.39, 0.29) is 9.79 Å². The Balaban J connectivity index is 0.000000184. The number of methoxy groups -OCH3 is 1. The second kappa shape index (κ2) is 12.9. The summed E-state index contributed by atoms with van der Waals surface area (Å²) in [6.07, 6.45) is 2.40. The predicted octanol–water partition coefficient (Wildman–Crippen LogP) is 7.66. The lowest BCUT2D eigenvalue weighted by Crippen LogP contribution is -2.13. The van der Waals surface area contributed by atoms with Crippen molar-refractivity contribution in [3.8, 4) is 0 Å². The van der Waals surface area contributed by atoms with Crippen molar-refractivity contribution in [2.45, 2.75) is 23.6 Å². The lowest BCUT2D eigenvalue weighted by Gasteiger charge is -2.10. The molecule has 2 aromatic heterocycles. The molecule has 238 valence electrons. The number of aromatic nitrogens is 2. The standard InChI is InChI=1S/C17H15BrN2O4S.C15H13BrN2O2S/c1-11-3-5-13(6-4-11)25(22,23)20-8-7-14-15(18)9-12(10-16(14)20)19-17(21)24-2;1-10-2-4-12(5-3-10)21(19,20)18-7-6-13-14(16)8-11(17)9-15(13)18/h3-10H,1-2H3,(H,19,21);2-9H,17H2,1H3. The molecule has 6 aromatic rings. The number of nitrogens with zero attached hydrogens (tertiary/aromatic N) is 2. The molecule has 0 spiro atoms. The Labute approximate surface area is 283 Å². The molecule has 46 heavy (non-hydrogen) atoms. The van der Waals surface area contributed by atoms with Crippen LogP contribution >= 0.6 is 31.9 Å². The number of carbonyl (C=O) groups excluding carboxylic acids is 1. The van der Waals surface area contributed by atoms with Gasteiger partial charge in [-0.05, 0) is 74.5 Å². The van der Waals surface area contributed by atoms with Crippen molar-refractivity contribution in [3.63, 3.8) is 0 Å². The summed E-state index contributed by atoms with van der Waals surface area (Å²) in [6.45, 7) is 3.81. The highest BCUT2D eigenvalue weighted by molar-refractivity contribution is 9.11. The van der Waals surface area contributed by atoms with Crippen LogP contribution < -0.4 is 11.1 Å². The molecule has 10 nitrogen and oxygen atoms in total. The second-order valence-electron chi connectivity index (χ2n) is 10.3. The van der Waals surface area contributed by atoms with Crippen molar-refractivity contribution in [3.05, 3.63) is 117 Å². The number of nitrogen functional groups attached to an aromatic ring is 1. The molecule has 4 aromatic carbocycles. The lowest BCUT2D eigenvalue weighted by atomic mass is 10.2. The van der Waals surface area contributed by atoms with Crippen LogP contribution in [-0.4, -0.2) is 38.0 Å². The number of nitrogens with two attached hydrogens (primary N) is 1. The van der Waals surface area contributed by atoms with E-state index in [1.165, 1.54) is 21.3 Å². The van der Waals surface area contributed by atoms with E-state index in [1.807, 2.05) is 13.8 Å². The SMILES string of the molecule is COC(=O)Nc1cc(Br)c2ccn(S(=O)(=O)c3ccc(C)cc3)c2c1.Cc1ccc(S(=O)(=O)n2ccc3c(Br)cc(N)cc32)cc1. The van der Waals surface area contributed by atoms with E-state index < -0.39 is 26.1 Å². The number of aryl methyl sites for hydroxylation is 2. The molecule has 0 bridgehead atoms. The van der Waals surface area contributed by atoms with Gasteiger partial charge in [0.1, 0.15) is 0 Å². The van der Waals surface area contributed by atoms with Gasteiger partial charge in [-0.2, -0.15) is 0 Å². The van der Waals surface area contributed by atoms with Gasteiger partial charge in [0.05, 0.1) is 27.9 Å². The van der Waals surface area contributed by atoms with Gasteiger partial charge >= 0.3 is 6.09 Å². The molecule has 0 atom stereocenters. The largest absolute Gasteiger partial charge is 0.453 e. The summed E-state index contributed by atoms with van der Waals surface area (Å²) < 4.78 is 59.9. The molecule has 2 heterocycles. The molecular weight excluding hydrogens is 760 g/mol. The average molecular weight is 789 g/mol. The van der Waals surface area contributed by atoms with Gasteiger partial charge in [-0.25, -0.2) is 29.6 Å². The molecule has 0 aliphatic rings. The molecule has 0 aliphatic carbocycles. The van der Waals surface area contributed by atoms with Crippen molar-refractivity contribution >= 4 is 91.2 Å². The quantitative estimate of drug-likeness (QED) is 0.171. The van der Waals surface area contributed by atoms with E-state index in [0.29, 0.717) is 32.3 Å². The second-order valence-corrected chi connectivity index (χ2v) is 15.6. The molecule has 0 fully saturated rings. The van der Waals surface area contributed by atoms with Crippen molar-refractivity contribution in [1.82, 2.24) is 7.94 Å². The van der Waals surface area contributed by atoms with E-state index in [1.54, 1.807) is 91.1 Å². The third-order valence-electron chi connectivity index (χ3n) is 7.05. The maximum atomic E-state index is 13.0. The first-order chi connectivity index (χ1) is 21.7. The van der Waals surface area contributed by atoms with Crippen LogP contribution in [0.5, 0.6) is 0 Å². The summed E-state index contributed by atoms with van der Waals surface area (Å²) in [5.74, 6) is 0. The monoisotopic (exact) mass is 786 g/mol.